The lowest BCUT2D eigenvalue weighted by Gasteiger charge is -2.14. The van der Waals surface area contributed by atoms with Crippen molar-refractivity contribution in [2.45, 2.75) is 20.0 Å². The largest absolute Gasteiger partial charge is 1.00 e. The maximum atomic E-state index is 5.43. The standard InChI is InChI=1S/C18H23NO3.ClH/c1-13-5-7-14(8-6-13)11-19-12-15-9-17(21-3)18(22-4)10-16(15)20-2;/h5-10,19H,11-12H2,1-4H3;1H/p-1. The fraction of sp³-hybridized carbons (Fsp3) is 0.333. The van der Waals surface area contributed by atoms with Crippen molar-refractivity contribution in [3.05, 3.63) is 53.1 Å². The summed E-state index contributed by atoms with van der Waals surface area (Å²) in [6.07, 6.45) is 0. The van der Waals surface area contributed by atoms with Crippen molar-refractivity contribution in [2.24, 2.45) is 0 Å². The monoisotopic (exact) mass is 336 g/mol. The molecule has 0 aliphatic rings. The Morgan fingerprint density at radius 2 is 1.35 bits per heavy atom. The van der Waals surface area contributed by atoms with E-state index in [0.717, 1.165) is 17.9 Å². The van der Waals surface area contributed by atoms with Crippen molar-refractivity contribution in [1.82, 2.24) is 5.32 Å². The molecular formula is C18H23ClNO3-. The first-order valence-electron chi connectivity index (χ1n) is 7.23. The number of nitrogens with one attached hydrogen (secondary N) is 1. The van der Waals surface area contributed by atoms with Gasteiger partial charge in [0.2, 0.25) is 0 Å². The van der Waals surface area contributed by atoms with E-state index in [1.807, 2.05) is 12.1 Å². The van der Waals surface area contributed by atoms with Gasteiger partial charge >= 0.3 is 0 Å². The summed E-state index contributed by atoms with van der Waals surface area (Å²) in [5.74, 6) is 2.16. The van der Waals surface area contributed by atoms with E-state index in [1.165, 1.54) is 11.1 Å². The molecule has 0 saturated carbocycles. The van der Waals surface area contributed by atoms with Crippen LogP contribution in [0.2, 0.25) is 0 Å². The Balaban J connectivity index is 0.00000264. The van der Waals surface area contributed by atoms with E-state index < -0.39 is 0 Å². The lowest BCUT2D eigenvalue weighted by atomic mass is 10.1. The number of aryl methyl sites for hydroxylation is 1. The molecular weight excluding hydrogens is 314 g/mol. The normalized spacial score (nSPS) is 9.91. The van der Waals surface area contributed by atoms with E-state index in [4.69, 9.17) is 14.2 Å². The van der Waals surface area contributed by atoms with Gasteiger partial charge in [0.25, 0.3) is 0 Å². The summed E-state index contributed by atoms with van der Waals surface area (Å²) in [4.78, 5) is 0. The summed E-state index contributed by atoms with van der Waals surface area (Å²) < 4.78 is 16.1. The summed E-state index contributed by atoms with van der Waals surface area (Å²) in [5, 5.41) is 3.42. The molecule has 0 spiro atoms. The molecule has 2 rings (SSSR count). The quantitative estimate of drug-likeness (QED) is 0.790. The summed E-state index contributed by atoms with van der Waals surface area (Å²) in [6, 6.07) is 12.3. The number of hydrogen-bond donors (Lipinski definition) is 1. The van der Waals surface area contributed by atoms with Gasteiger partial charge in [0, 0.05) is 24.7 Å². The van der Waals surface area contributed by atoms with Gasteiger partial charge in [-0.25, -0.2) is 0 Å². The molecule has 0 aliphatic carbocycles. The smallest absolute Gasteiger partial charge is 0.164 e. The first-order valence-corrected chi connectivity index (χ1v) is 7.23. The molecule has 0 aliphatic heterocycles. The van der Waals surface area contributed by atoms with Crippen molar-refractivity contribution in [3.8, 4) is 17.2 Å². The average molecular weight is 337 g/mol. The van der Waals surface area contributed by atoms with Crippen molar-refractivity contribution >= 4 is 0 Å². The molecule has 0 atom stereocenters. The maximum absolute atomic E-state index is 5.43. The molecule has 126 valence electrons. The minimum Gasteiger partial charge on any atom is -1.00 e. The highest BCUT2D eigenvalue weighted by Crippen LogP contribution is 2.34. The number of methoxy groups -OCH3 is 3. The first-order chi connectivity index (χ1) is 10.7. The molecule has 0 amide bonds. The van der Waals surface area contributed by atoms with Gasteiger partial charge in [0.05, 0.1) is 21.3 Å². The zero-order valence-corrected chi connectivity index (χ0v) is 14.7. The van der Waals surface area contributed by atoms with E-state index in [9.17, 15) is 0 Å². The molecule has 23 heavy (non-hydrogen) atoms. The van der Waals surface area contributed by atoms with Crippen molar-refractivity contribution in [3.63, 3.8) is 0 Å². The van der Waals surface area contributed by atoms with Gasteiger partial charge in [0.1, 0.15) is 5.75 Å². The van der Waals surface area contributed by atoms with Crippen LogP contribution >= 0.6 is 0 Å². The SMILES string of the molecule is COc1cc(OC)c(OC)cc1CNCc1ccc(C)cc1.[Cl-]. The van der Waals surface area contributed by atoms with E-state index in [0.29, 0.717) is 18.0 Å². The Kier molecular flexibility index (Phi) is 7.72. The fourth-order valence-electron chi connectivity index (χ4n) is 2.28. The number of rotatable bonds is 7. The van der Waals surface area contributed by atoms with Crippen molar-refractivity contribution < 1.29 is 26.6 Å². The highest BCUT2D eigenvalue weighted by molar-refractivity contribution is 5.50. The predicted octanol–water partition coefficient (Wildman–Crippen LogP) is 0.315. The number of benzene rings is 2. The van der Waals surface area contributed by atoms with Crippen LogP contribution < -0.4 is 31.9 Å². The Morgan fingerprint density at radius 3 is 1.91 bits per heavy atom. The predicted molar refractivity (Wildman–Crippen MR) is 87.8 cm³/mol. The van der Waals surface area contributed by atoms with Crippen LogP contribution in [0.15, 0.2) is 36.4 Å². The van der Waals surface area contributed by atoms with Crippen LogP contribution in [0.5, 0.6) is 17.2 Å². The van der Waals surface area contributed by atoms with Crippen LogP contribution in [0.4, 0.5) is 0 Å². The average Bonchev–Trinajstić information content (AvgIpc) is 2.56. The topological polar surface area (TPSA) is 39.7 Å². The zero-order chi connectivity index (χ0) is 15.9. The second kappa shape index (κ2) is 9.28. The third-order valence-corrected chi connectivity index (χ3v) is 3.55. The Hall–Kier alpha value is -1.91. The summed E-state index contributed by atoms with van der Waals surface area (Å²) in [5.41, 5.74) is 3.56. The molecule has 0 saturated heterocycles. The molecule has 5 heteroatoms. The van der Waals surface area contributed by atoms with E-state index in [2.05, 4.69) is 36.5 Å². The second-order valence-corrected chi connectivity index (χ2v) is 5.11. The zero-order valence-electron chi connectivity index (χ0n) is 14.0. The van der Waals surface area contributed by atoms with Gasteiger partial charge in [-0.05, 0) is 18.6 Å². The number of halogens is 1. The van der Waals surface area contributed by atoms with Crippen LogP contribution in [0, 0.1) is 6.92 Å². The summed E-state index contributed by atoms with van der Waals surface area (Å²) in [7, 11) is 4.91. The van der Waals surface area contributed by atoms with Crippen LogP contribution in [0.1, 0.15) is 16.7 Å². The maximum Gasteiger partial charge on any atom is 0.164 e. The Bertz CT molecular complexity index is 614. The minimum absolute atomic E-state index is 0. The molecule has 0 fully saturated rings. The highest BCUT2D eigenvalue weighted by atomic mass is 35.5. The lowest BCUT2D eigenvalue weighted by molar-refractivity contribution is -0.00000546. The Labute approximate surface area is 144 Å². The molecule has 0 radical (unpaired) electrons. The molecule has 1 N–H and O–H groups in total. The molecule has 0 aromatic heterocycles. The van der Waals surface area contributed by atoms with Crippen molar-refractivity contribution in [1.29, 1.82) is 0 Å². The van der Waals surface area contributed by atoms with Crippen LogP contribution in [0.25, 0.3) is 0 Å². The van der Waals surface area contributed by atoms with Crippen LogP contribution in [-0.4, -0.2) is 21.3 Å². The molecule has 2 aromatic rings. The fourth-order valence-corrected chi connectivity index (χ4v) is 2.28. The van der Waals surface area contributed by atoms with Crippen molar-refractivity contribution in [2.75, 3.05) is 21.3 Å². The van der Waals surface area contributed by atoms with E-state index in [1.54, 1.807) is 21.3 Å². The minimum atomic E-state index is 0. The Morgan fingerprint density at radius 1 is 0.783 bits per heavy atom. The number of ether oxygens (including phenoxy) is 3. The van der Waals surface area contributed by atoms with Gasteiger partial charge in [-0.1, -0.05) is 29.8 Å². The third kappa shape index (κ3) is 5.05. The number of hydrogen-bond acceptors (Lipinski definition) is 4. The molecule has 0 unspecified atom stereocenters. The second-order valence-electron chi connectivity index (χ2n) is 5.11. The van der Waals surface area contributed by atoms with Gasteiger partial charge < -0.3 is 31.9 Å². The third-order valence-electron chi connectivity index (χ3n) is 3.55. The van der Waals surface area contributed by atoms with Crippen LogP contribution in [0.3, 0.4) is 0 Å². The molecule has 4 nitrogen and oxygen atoms in total. The van der Waals surface area contributed by atoms with E-state index in [-0.39, 0.29) is 12.4 Å². The summed E-state index contributed by atoms with van der Waals surface area (Å²) in [6.45, 7) is 3.58. The molecule has 2 aromatic carbocycles. The lowest BCUT2D eigenvalue weighted by Crippen LogP contribution is -3.00. The van der Waals surface area contributed by atoms with Gasteiger partial charge in [-0.3, -0.25) is 0 Å². The van der Waals surface area contributed by atoms with E-state index >= 15 is 0 Å². The first kappa shape index (κ1) is 19.1. The highest BCUT2D eigenvalue weighted by Gasteiger charge is 2.11. The molecule has 0 bridgehead atoms. The molecule has 0 heterocycles. The van der Waals surface area contributed by atoms with Gasteiger partial charge in [-0.15, -0.1) is 0 Å². The summed E-state index contributed by atoms with van der Waals surface area (Å²) >= 11 is 0. The van der Waals surface area contributed by atoms with Gasteiger partial charge in [0.15, 0.2) is 11.5 Å². The van der Waals surface area contributed by atoms with Gasteiger partial charge in [-0.2, -0.15) is 0 Å². The van der Waals surface area contributed by atoms with Crippen LogP contribution in [-0.2, 0) is 13.1 Å².